The van der Waals surface area contributed by atoms with Gasteiger partial charge in [-0.2, -0.15) is 0 Å². The van der Waals surface area contributed by atoms with Gasteiger partial charge in [-0.3, -0.25) is 14.9 Å². The van der Waals surface area contributed by atoms with Gasteiger partial charge in [-0.05, 0) is 51.9 Å². The van der Waals surface area contributed by atoms with Gasteiger partial charge in [0.2, 0.25) is 11.8 Å². The Morgan fingerprint density at radius 3 is 2.63 bits per heavy atom. The molecule has 0 radical (unpaired) electrons. The van der Waals surface area contributed by atoms with Crippen LogP contribution in [-0.2, 0) is 39.8 Å². The van der Waals surface area contributed by atoms with E-state index < -0.39 is 65.7 Å². The van der Waals surface area contributed by atoms with Crippen LogP contribution >= 0.6 is 11.6 Å². The van der Waals surface area contributed by atoms with Crippen molar-refractivity contribution in [2.75, 3.05) is 46.8 Å². The van der Waals surface area contributed by atoms with E-state index in [1.807, 2.05) is 13.0 Å². The molecule has 3 heterocycles. The zero-order valence-electron chi connectivity index (χ0n) is 30.8. The van der Waals surface area contributed by atoms with E-state index in [4.69, 9.17) is 35.3 Å². The number of alkyl carbamates (subject to hydrolysis) is 1. The molecule has 0 unspecified atom stereocenters. The van der Waals surface area contributed by atoms with Crippen LogP contribution in [0.4, 0.5) is 10.5 Å². The van der Waals surface area contributed by atoms with E-state index in [9.17, 15) is 24.3 Å². The zero-order chi connectivity index (χ0) is 37.8. The van der Waals surface area contributed by atoms with Gasteiger partial charge < -0.3 is 43.9 Å². The maximum Gasteiger partial charge on any atom is 0.409 e. The number of epoxide rings is 1. The number of carbonyl (C=O) groups excluding carboxylic acids is 4. The van der Waals surface area contributed by atoms with E-state index >= 15 is 0 Å². The number of fused-ring (bicyclic) bond motifs is 5. The first-order valence-corrected chi connectivity index (χ1v) is 17.4. The van der Waals surface area contributed by atoms with Crippen molar-refractivity contribution in [1.82, 2.24) is 15.5 Å². The van der Waals surface area contributed by atoms with Crippen molar-refractivity contribution in [2.24, 2.45) is 5.92 Å². The normalized spacial score (nSPS) is 31.9. The maximum absolute atomic E-state index is 14.1. The van der Waals surface area contributed by atoms with Crippen LogP contribution in [0.1, 0.15) is 52.5 Å². The van der Waals surface area contributed by atoms with Crippen molar-refractivity contribution < 1.29 is 48.0 Å². The summed E-state index contributed by atoms with van der Waals surface area (Å²) in [5.74, 6) is -1.56. The third-order valence-electron chi connectivity index (χ3n) is 10.1. The molecule has 51 heavy (non-hydrogen) atoms. The van der Waals surface area contributed by atoms with Crippen molar-refractivity contribution in [3.05, 3.63) is 46.5 Å². The van der Waals surface area contributed by atoms with Crippen molar-refractivity contribution in [3.63, 3.8) is 0 Å². The first kappa shape index (κ1) is 40.1. The van der Waals surface area contributed by atoms with Gasteiger partial charge in [-0.25, -0.2) is 9.59 Å². The average Bonchev–Trinajstić information content (AvgIpc) is 3.79. The molecule has 3 aliphatic rings. The molecule has 1 aromatic rings. The van der Waals surface area contributed by atoms with Gasteiger partial charge in [-0.1, -0.05) is 42.3 Å². The highest BCUT2D eigenvalue weighted by molar-refractivity contribution is 6.35. The summed E-state index contributed by atoms with van der Waals surface area (Å²) in [6.45, 7) is 7.42. The smallest absolute Gasteiger partial charge is 0.409 e. The summed E-state index contributed by atoms with van der Waals surface area (Å²) < 4.78 is 29.1. The number of esters is 1. The number of aliphatic hydroxyl groups is 1. The number of likely N-dealkylation sites (N-methyl/N-ethyl adjacent to an activating group) is 1. The Hall–Kier alpha value is -3.69. The standard InChI is InChI=1S/C36H51ClN4O10/c1-20-11-10-12-27(48-9)36(46)19-26(49-34(45)39-36)21(2)32-35(4,51-32)28(50-33(44)22(3)40(6)29(42)13-14-38-5)18-30(43)41(7)24-16-23(15-20)17-25(47-8)31(24)37/h10-12,16-17,21-22,26-28,32,38,46H,13-15,18-19H2,1-9H3,(H,39,45)/b12-10+,20-11+/t21-,22+,26+,27-,28-,32+,35+,36+/m1/s1. The van der Waals surface area contributed by atoms with Crippen LogP contribution in [0.15, 0.2) is 35.9 Å². The molecule has 4 rings (SSSR count). The number of methoxy groups -OCH3 is 2. The van der Waals surface area contributed by atoms with E-state index in [1.54, 1.807) is 59.2 Å². The fraction of sp³-hybridized carbons (Fsp3) is 0.611. The summed E-state index contributed by atoms with van der Waals surface area (Å²) in [5, 5.41) is 17.4. The topological polar surface area (TPSA) is 169 Å². The van der Waals surface area contributed by atoms with Gasteiger partial charge in [0.15, 0.2) is 5.72 Å². The second-order valence-corrected chi connectivity index (χ2v) is 14.1. The van der Waals surface area contributed by atoms with Crippen LogP contribution in [0.25, 0.3) is 0 Å². The highest BCUT2D eigenvalue weighted by atomic mass is 35.5. The molecule has 0 spiro atoms. The van der Waals surface area contributed by atoms with Crippen molar-refractivity contribution in [1.29, 1.82) is 0 Å². The van der Waals surface area contributed by atoms with E-state index in [-0.39, 0.29) is 30.2 Å². The number of rotatable bonds is 8. The number of nitrogens with one attached hydrogen (secondary N) is 2. The predicted octanol–water partition coefficient (Wildman–Crippen LogP) is 3.12. The predicted molar refractivity (Wildman–Crippen MR) is 189 cm³/mol. The Balaban J connectivity index is 1.76. The van der Waals surface area contributed by atoms with Gasteiger partial charge in [-0.15, -0.1) is 0 Å². The molecule has 15 heteroatoms. The molecule has 0 aliphatic carbocycles. The molecular formula is C36H51ClN4O10. The van der Waals surface area contributed by atoms with E-state index in [0.717, 1.165) is 11.1 Å². The lowest BCUT2D eigenvalue weighted by molar-refractivity contribution is -0.162. The fourth-order valence-corrected chi connectivity index (χ4v) is 6.94. The summed E-state index contributed by atoms with van der Waals surface area (Å²) in [6.07, 6.45) is 1.15. The molecule has 282 valence electrons. The molecule has 14 nitrogen and oxygen atoms in total. The van der Waals surface area contributed by atoms with Crippen LogP contribution < -0.4 is 20.3 Å². The molecule has 0 saturated carbocycles. The molecule has 3 N–H and O–H groups in total. The summed E-state index contributed by atoms with van der Waals surface area (Å²) in [7, 11) is 7.74. The number of nitrogens with zero attached hydrogens (tertiary/aromatic N) is 2. The summed E-state index contributed by atoms with van der Waals surface area (Å²) in [4.78, 5) is 55.9. The number of halogens is 1. The van der Waals surface area contributed by atoms with Crippen LogP contribution in [0.3, 0.4) is 0 Å². The van der Waals surface area contributed by atoms with Crippen LogP contribution in [0.2, 0.25) is 5.02 Å². The summed E-state index contributed by atoms with van der Waals surface area (Å²) in [6, 6.07) is 2.62. The van der Waals surface area contributed by atoms with E-state index in [1.165, 1.54) is 31.1 Å². The van der Waals surface area contributed by atoms with Gasteiger partial charge in [0.1, 0.15) is 40.7 Å². The minimum Gasteiger partial charge on any atom is -0.495 e. The summed E-state index contributed by atoms with van der Waals surface area (Å²) in [5.41, 5.74) is -0.896. The SMILES string of the molecule is CNCCC(=O)N(C)[C@@H](C)C(=O)O[C@@H]1CC(=O)N(C)c2cc(cc(OC)c2Cl)C/C(C)=C/C=C/[C@@H](OC)[C@@]2(O)C[C@H](OC(=O)N2)[C@@H](C)[C@@H]2O[C@@]12C. The number of hydrogen-bond donors (Lipinski definition) is 3. The number of carbonyl (C=O) groups is 4. The number of ether oxygens (including phenoxy) is 5. The lowest BCUT2D eigenvalue weighted by Crippen LogP contribution is -2.63. The largest absolute Gasteiger partial charge is 0.495 e. The molecule has 3 amide bonds. The first-order valence-electron chi connectivity index (χ1n) is 17.0. The average molecular weight is 735 g/mol. The highest BCUT2D eigenvalue weighted by Crippen LogP contribution is 2.49. The quantitative estimate of drug-likeness (QED) is 0.265. The highest BCUT2D eigenvalue weighted by Gasteiger charge is 2.64. The van der Waals surface area contributed by atoms with Crippen molar-refractivity contribution >= 4 is 41.2 Å². The third kappa shape index (κ3) is 8.86. The minimum atomic E-state index is -1.82. The molecule has 8 atom stereocenters. The Labute approximate surface area is 304 Å². The first-order chi connectivity index (χ1) is 24.0. The Morgan fingerprint density at radius 2 is 1.98 bits per heavy atom. The molecule has 3 aliphatic heterocycles. The number of allylic oxidation sites excluding steroid dienone is 3. The zero-order valence-corrected chi connectivity index (χ0v) is 31.5. The van der Waals surface area contributed by atoms with Gasteiger partial charge in [0.05, 0.1) is 25.3 Å². The van der Waals surface area contributed by atoms with Crippen LogP contribution in [-0.4, -0.2) is 118 Å². The fourth-order valence-electron chi connectivity index (χ4n) is 6.63. The van der Waals surface area contributed by atoms with E-state index in [0.29, 0.717) is 24.4 Å². The minimum absolute atomic E-state index is 0.0474. The Kier molecular flexibility index (Phi) is 12.8. The molecular weight excluding hydrogens is 684 g/mol. The number of hydrogen-bond acceptors (Lipinski definition) is 11. The van der Waals surface area contributed by atoms with Crippen LogP contribution in [0, 0.1) is 5.92 Å². The molecule has 1 aromatic carbocycles. The van der Waals surface area contributed by atoms with Gasteiger partial charge >= 0.3 is 12.1 Å². The molecule has 0 aromatic heterocycles. The molecule has 2 saturated heterocycles. The molecule has 4 bridgehead atoms. The maximum atomic E-state index is 14.1. The monoisotopic (exact) mass is 734 g/mol. The van der Waals surface area contributed by atoms with Crippen molar-refractivity contribution in [2.45, 2.75) is 95.2 Å². The Morgan fingerprint density at radius 1 is 1.27 bits per heavy atom. The number of amides is 3. The van der Waals surface area contributed by atoms with Crippen molar-refractivity contribution in [3.8, 4) is 5.75 Å². The second kappa shape index (κ2) is 16.3. The molecule has 2 fully saturated rings. The van der Waals surface area contributed by atoms with Gasteiger partial charge in [0.25, 0.3) is 0 Å². The number of anilines is 1. The lowest BCUT2D eigenvalue weighted by Gasteiger charge is -2.42. The number of benzene rings is 1. The third-order valence-corrected chi connectivity index (χ3v) is 10.5. The Bertz CT molecular complexity index is 1550. The second-order valence-electron chi connectivity index (χ2n) is 13.8. The van der Waals surface area contributed by atoms with E-state index in [2.05, 4.69) is 10.6 Å². The van der Waals surface area contributed by atoms with Crippen LogP contribution in [0.5, 0.6) is 5.75 Å². The van der Waals surface area contributed by atoms with Gasteiger partial charge in [0, 0.05) is 46.5 Å². The summed E-state index contributed by atoms with van der Waals surface area (Å²) >= 11 is 6.74. The lowest BCUT2D eigenvalue weighted by atomic mass is 9.83.